The van der Waals surface area contributed by atoms with Crippen molar-refractivity contribution in [2.45, 2.75) is 19.2 Å². The molecule has 1 aromatic heterocycles. The van der Waals surface area contributed by atoms with Crippen molar-refractivity contribution in [3.05, 3.63) is 72.3 Å². The molecule has 2 heterocycles. The van der Waals surface area contributed by atoms with Gasteiger partial charge in [-0.15, -0.1) is 0 Å². The molecule has 5 rings (SSSR count). The van der Waals surface area contributed by atoms with Crippen LogP contribution < -0.4 is 9.47 Å². The summed E-state index contributed by atoms with van der Waals surface area (Å²) in [5, 5.41) is 13.7. The molecule has 8 heteroatoms. The van der Waals surface area contributed by atoms with Crippen LogP contribution in [-0.2, 0) is 22.6 Å². The highest BCUT2D eigenvalue weighted by Gasteiger charge is 2.18. The maximum absolute atomic E-state index is 11.3. The number of morpholine rings is 1. The fourth-order valence-corrected chi connectivity index (χ4v) is 5.52. The van der Waals surface area contributed by atoms with Crippen LogP contribution in [-0.4, -0.2) is 98.9 Å². The minimum atomic E-state index is -0.555. The fourth-order valence-electron chi connectivity index (χ4n) is 5.52. The van der Waals surface area contributed by atoms with Crippen molar-refractivity contribution in [2.75, 3.05) is 73.4 Å². The Labute approximate surface area is 236 Å². The molecule has 1 aliphatic rings. The number of benzene rings is 3. The normalized spacial score (nSPS) is 15.2. The number of rotatable bonds is 14. The summed E-state index contributed by atoms with van der Waals surface area (Å²) < 4.78 is 24.8. The molecule has 8 nitrogen and oxygen atoms in total. The lowest BCUT2D eigenvalue weighted by molar-refractivity contribution is 0.0321. The van der Waals surface area contributed by atoms with Gasteiger partial charge in [0.1, 0.15) is 6.61 Å². The molecule has 4 aromatic rings. The van der Waals surface area contributed by atoms with Crippen LogP contribution in [0.4, 0.5) is 0 Å². The van der Waals surface area contributed by atoms with E-state index in [1.54, 1.807) is 14.2 Å². The summed E-state index contributed by atoms with van der Waals surface area (Å²) in [6.45, 7) is 7.91. The lowest BCUT2D eigenvalue weighted by Crippen LogP contribution is -2.38. The Kier molecular flexibility index (Phi) is 9.91. The fraction of sp³-hybridized carbons (Fsp3) is 0.438. The molecule has 0 spiro atoms. The molecular weight excluding hydrogens is 506 g/mol. The number of methoxy groups -OCH3 is 2. The predicted octanol–water partition coefficient (Wildman–Crippen LogP) is 4.02. The van der Waals surface area contributed by atoms with Crippen molar-refractivity contribution in [3.8, 4) is 11.5 Å². The van der Waals surface area contributed by atoms with E-state index in [9.17, 15) is 5.11 Å². The van der Waals surface area contributed by atoms with Gasteiger partial charge < -0.3 is 28.6 Å². The lowest BCUT2D eigenvalue weighted by atomic mass is 10.1. The molecule has 0 saturated carbocycles. The zero-order chi connectivity index (χ0) is 27.7. The van der Waals surface area contributed by atoms with E-state index in [1.807, 2.05) is 12.1 Å². The first-order valence-electron chi connectivity index (χ1n) is 14.1. The van der Waals surface area contributed by atoms with Crippen LogP contribution in [0.2, 0.25) is 0 Å². The molecule has 1 atom stereocenters. The van der Waals surface area contributed by atoms with Gasteiger partial charge >= 0.3 is 0 Å². The number of aliphatic hydroxyl groups is 1. The minimum Gasteiger partial charge on any atom is -0.493 e. The van der Waals surface area contributed by atoms with Crippen LogP contribution in [0.25, 0.3) is 21.8 Å². The third-order valence-corrected chi connectivity index (χ3v) is 7.56. The second-order valence-corrected chi connectivity index (χ2v) is 10.3. The van der Waals surface area contributed by atoms with Crippen molar-refractivity contribution < 1.29 is 24.1 Å². The molecule has 0 amide bonds. The second-order valence-electron chi connectivity index (χ2n) is 10.3. The van der Waals surface area contributed by atoms with Gasteiger partial charge in [0.15, 0.2) is 11.5 Å². The van der Waals surface area contributed by atoms with Gasteiger partial charge in [0, 0.05) is 68.2 Å². The average Bonchev–Trinajstić information content (AvgIpc) is 3.30. The highest BCUT2D eigenvalue weighted by Crippen LogP contribution is 2.30. The topological polar surface area (TPSA) is 68.6 Å². The van der Waals surface area contributed by atoms with Crippen molar-refractivity contribution >= 4 is 21.8 Å². The third kappa shape index (κ3) is 6.95. The summed E-state index contributed by atoms with van der Waals surface area (Å²) in [6.07, 6.45) is -0.555. The SMILES string of the molecule is COCCN(Cc1ccc(OCCN2CCOCC2)c(OC)c1)C[C@@H](O)Cn1c2ccccc2c2ccccc21. The number of nitrogens with zero attached hydrogens (tertiary/aromatic N) is 3. The van der Waals surface area contributed by atoms with Crippen LogP contribution in [0.1, 0.15) is 5.56 Å². The summed E-state index contributed by atoms with van der Waals surface area (Å²) in [6, 6.07) is 22.9. The Balaban J connectivity index is 1.24. The molecule has 0 aliphatic carbocycles. The van der Waals surface area contributed by atoms with Gasteiger partial charge in [-0.2, -0.15) is 0 Å². The third-order valence-electron chi connectivity index (χ3n) is 7.56. The first-order valence-corrected chi connectivity index (χ1v) is 14.1. The number of hydrogen-bond acceptors (Lipinski definition) is 7. The molecule has 1 fully saturated rings. The van der Waals surface area contributed by atoms with E-state index >= 15 is 0 Å². The van der Waals surface area contributed by atoms with Gasteiger partial charge in [0.25, 0.3) is 0 Å². The smallest absolute Gasteiger partial charge is 0.161 e. The average molecular weight is 548 g/mol. The molecule has 0 unspecified atom stereocenters. The standard InChI is InChI=1S/C32H41N3O5/c1-37-17-13-34(22-25-11-12-31(32(21-25)38-2)40-20-16-33-14-18-39-19-15-33)23-26(36)24-35-29-9-5-3-7-27(29)28-8-4-6-10-30(28)35/h3-12,21,26,36H,13-20,22-24H2,1-2H3/t26-/m1/s1. The Bertz CT molecular complexity index is 1310. The van der Waals surface area contributed by atoms with Crippen LogP contribution in [0, 0.1) is 0 Å². The second kappa shape index (κ2) is 14.0. The van der Waals surface area contributed by atoms with Crippen LogP contribution in [0.3, 0.4) is 0 Å². The number of hydrogen-bond donors (Lipinski definition) is 1. The van der Waals surface area contributed by atoms with Gasteiger partial charge in [-0.3, -0.25) is 9.80 Å². The molecular formula is C32H41N3O5. The monoisotopic (exact) mass is 547 g/mol. The molecule has 1 saturated heterocycles. The number of aromatic nitrogens is 1. The van der Waals surface area contributed by atoms with E-state index in [0.717, 1.165) is 60.9 Å². The molecule has 214 valence electrons. The molecule has 0 radical (unpaired) electrons. The van der Waals surface area contributed by atoms with E-state index in [-0.39, 0.29) is 0 Å². The van der Waals surface area contributed by atoms with Crippen molar-refractivity contribution in [1.29, 1.82) is 0 Å². The molecule has 1 aliphatic heterocycles. The van der Waals surface area contributed by atoms with E-state index in [1.165, 1.54) is 10.8 Å². The predicted molar refractivity (Wildman–Crippen MR) is 158 cm³/mol. The number of ether oxygens (including phenoxy) is 4. The molecule has 40 heavy (non-hydrogen) atoms. The van der Waals surface area contributed by atoms with Gasteiger partial charge in [0.05, 0.1) is 39.6 Å². The van der Waals surface area contributed by atoms with Crippen LogP contribution >= 0.6 is 0 Å². The molecule has 3 aromatic carbocycles. The summed E-state index contributed by atoms with van der Waals surface area (Å²) in [5.74, 6) is 1.46. The summed E-state index contributed by atoms with van der Waals surface area (Å²) in [4.78, 5) is 4.58. The first kappa shape index (κ1) is 28.4. The molecule has 1 N–H and O–H groups in total. The lowest BCUT2D eigenvalue weighted by Gasteiger charge is -2.27. The van der Waals surface area contributed by atoms with E-state index in [2.05, 4.69) is 69.0 Å². The quantitative estimate of drug-likeness (QED) is 0.256. The van der Waals surface area contributed by atoms with E-state index in [0.29, 0.717) is 39.4 Å². The van der Waals surface area contributed by atoms with Gasteiger partial charge in [-0.25, -0.2) is 0 Å². The Hall–Kier alpha value is -3.14. The van der Waals surface area contributed by atoms with Gasteiger partial charge in [0.2, 0.25) is 0 Å². The maximum atomic E-state index is 11.3. The van der Waals surface area contributed by atoms with Gasteiger partial charge in [-0.05, 0) is 29.8 Å². The Morgan fingerprint density at radius 1 is 0.900 bits per heavy atom. The van der Waals surface area contributed by atoms with Crippen molar-refractivity contribution in [2.24, 2.45) is 0 Å². The summed E-state index contributed by atoms with van der Waals surface area (Å²) >= 11 is 0. The van der Waals surface area contributed by atoms with Crippen molar-refractivity contribution in [3.63, 3.8) is 0 Å². The largest absolute Gasteiger partial charge is 0.493 e. The zero-order valence-electron chi connectivity index (χ0n) is 23.6. The minimum absolute atomic E-state index is 0.511. The van der Waals surface area contributed by atoms with Gasteiger partial charge in [-0.1, -0.05) is 42.5 Å². The Morgan fingerprint density at radius 3 is 2.27 bits per heavy atom. The maximum Gasteiger partial charge on any atom is 0.161 e. The van der Waals surface area contributed by atoms with Crippen molar-refractivity contribution in [1.82, 2.24) is 14.4 Å². The Morgan fingerprint density at radius 2 is 1.60 bits per heavy atom. The highest BCUT2D eigenvalue weighted by atomic mass is 16.5. The van der Waals surface area contributed by atoms with E-state index in [4.69, 9.17) is 18.9 Å². The zero-order valence-corrected chi connectivity index (χ0v) is 23.6. The first-order chi connectivity index (χ1) is 19.7. The molecule has 0 bridgehead atoms. The van der Waals surface area contributed by atoms with Crippen LogP contribution in [0.5, 0.6) is 11.5 Å². The highest BCUT2D eigenvalue weighted by molar-refractivity contribution is 6.07. The van der Waals surface area contributed by atoms with Crippen LogP contribution in [0.15, 0.2) is 66.7 Å². The number of fused-ring (bicyclic) bond motifs is 3. The summed E-state index contributed by atoms with van der Waals surface area (Å²) in [7, 11) is 3.38. The number of para-hydroxylation sites is 2. The summed E-state index contributed by atoms with van der Waals surface area (Å²) in [5.41, 5.74) is 3.37. The number of aliphatic hydroxyl groups excluding tert-OH is 1. The van der Waals surface area contributed by atoms with E-state index < -0.39 is 6.10 Å².